The van der Waals surface area contributed by atoms with E-state index in [-0.39, 0.29) is 23.0 Å². The van der Waals surface area contributed by atoms with Gasteiger partial charge in [-0.1, -0.05) is 24.3 Å². The van der Waals surface area contributed by atoms with Gasteiger partial charge >= 0.3 is 0 Å². The second-order valence-corrected chi connectivity index (χ2v) is 6.83. The molecule has 0 saturated heterocycles. The van der Waals surface area contributed by atoms with E-state index < -0.39 is 15.9 Å². The Balaban J connectivity index is 2.13. The number of nitrogens with one attached hydrogen (secondary N) is 1. The molecular formula is C16H15N5O4S. The summed E-state index contributed by atoms with van der Waals surface area (Å²) in [7, 11) is -2.65. The summed E-state index contributed by atoms with van der Waals surface area (Å²) in [4.78, 5) is 20.4. The van der Waals surface area contributed by atoms with Gasteiger partial charge in [-0.05, 0) is 29.3 Å². The summed E-state index contributed by atoms with van der Waals surface area (Å²) in [6.07, 6.45) is 0. The summed E-state index contributed by atoms with van der Waals surface area (Å²) in [6, 6.07) is 11.3. The summed E-state index contributed by atoms with van der Waals surface area (Å²) in [6.45, 7) is 0.129. The fraction of sp³-hybridized carbons (Fsp3) is 0.125. The fourth-order valence-electron chi connectivity index (χ4n) is 2.55. The number of carbonyl (C=O) groups is 1. The molecule has 3 N–H and O–H groups in total. The Morgan fingerprint density at radius 2 is 1.92 bits per heavy atom. The molecule has 3 rings (SSSR count). The highest BCUT2D eigenvalue weighted by molar-refractivity contribution is 7.89. The topological polar surface area (TPSA) is 136 Å². The number of amidine groups is 1. The van der Waals surface area contributed by atoms with E-state index in [2.05, 4.69) is 25.5 Å². The first-order chi connectivity index (χ1) is 12.4. The van der Waals surface area contributed by atoms with Crippen LogP contribution in [0.4, 0.5) is 0 Å². The fourth-order valence-corrected chi connectivity index (χ4v) is 3.30. The molecule has 0 saturated carbocycles. The first kappa shape index (κ1) is 17.9. The summed E-state index contributed by atoms with van der Waals surface area (Å²) < 4.78 is 24.0. The van der Waals surface area contributed by atoms with Gasteiger partial charge in [0.2, 0.25) is 10.0 Å². The predicted molar refractivity (Wildman–Crippen MR) is 94.0 cm³/mol. The minimum Gasteiger partial charge on any atom is -0.277 e. The second kappa shape index (κ2) is 7.12. The quantitative estimate of drug-likeness (QED) is 0.767. The number of carbonyl (C=O) groups excluding carboxylic acids is 1. The van der Waals surface area contributed by atoms with Crippen molar-refractivity contribution in [1.82, 2.24) is 5.48 Å². The number of hydrogen-bond donors (Lipinski definition) is 2. The zero-order valence-electron chi connectivity index (χ0n) is 13.7. The van der Waals surface area contributed by atoms with Gasteiger partial charge in [-0.2, -0.15) is 5.11 Å². The van der Waals surface area contributed by atoms with E-state index >= 15 is 0 Å². The summed E-state index contributed by atoms with van der Waals surface area (Å²) in [5.74, 6) is -0.197. The Labute approximate surface area is 149 Å². The molecule has 0 radical (unpaired) electrons. The van der Waals surface area contributed by atoms with Crippen LogP contribution in [0.2, 0.25) is 0 Å². The molecular weight excluding hydrogens is 358 g/mol. The smallest absolute Gasteiger partial charge is 0.274 e. The molecule has 2 aromatic carbocycles. The van der Waals surface area contributed by atoms with E-state index in [1.807, 2.05) is 0 Å². The van der Waals surface area contributed by atoms with Gasteiger partial charge in [0.05, 0.1) is 12.0 Å². The molecule has 1 aliphatic heterocycles. The molecule has 0 aromatic heterocycles. The van der Waals surface area contributed by atoms with Crippen LogP contribution < -0.4 is 10.6 Å². The van der Waals surface area contributed by atoms with Gasteiger partial charge in [-0.3, -0.25) is 9.63 Å². The molecule has 0 bridgehead atoms. The standard InChI is InChI=1S/C16H15N5O4S/c1-25-21-16(22)11-7-5-10(6-8-11)12-3-2-4-13(26(17,23)24)14(12)15-18-9-19-20-15/h2-8H,9H2,1H3,(H,21,22)(H2,17,23,24). The molecule has 1 aliphatic rings. The van der Waals surface area contributed by atoms with Crippen LogP contribution in [0.15, 0.2) is 62.6 Å². The van der Waals surface area contributed by atoms with Crippen molar-refractivity contribution < 1.29 is 18.0 Å². The number of nitrogens with zero attached hydrogens (tertiary/aromatic N) is 3. The van der Waals surface area contributed by atoms with Crippen LogP contribution in [0, 0.1) is 0 Å². The minimum atomic E-state index is -3.99. The molecule has 26 heavy (non-hydrogen) atoms. The maximum Gasteiger partial charge on any atom is 0.274 e. The number of sulfonamides is 1. The number of nitrogens with two attached hydrogens (primary N) is 1. The first-order valence-corrected chi connectivity index (χ1v) is 8.98. The monoisotopic (exact) mass is 373 g/mol. The highest BCUT2D eigenvalue weighted by Gasteiger charge is 2.23. The Morgan fingerprint density at radius 1 is 1.19 bits per heavy atom. The third-order valence-corrected chi connectivity index (χ3v) is 4.61. The Bertz CT molecular complexity index is 1010. The van der Waals surface area contributed by atoms with Crippen molar-refractivity contribution >= 4 is 21.8 Å². The molecule has 0 atom stereocenters. The SMILES string of the molecule is CONC(=O)c1ccc(-c2cccc(S(N)(=O)=O)c2C2=NCN=N2)cc1. The molecule has 2 aromatic rings. The lowest BCUT2D eigenvalue weighted by Crippen LogP contribution is -2.21. The highest BCUT2D eigenvalue weighted by atomic mass is 32.2. The lowest BCUT2D eigenvalue weighted by Gasteiger charge is -2.12. The summed E-state index contributed by atoms with van der Waals surface area (Å²) >= 11 is 0. The maximum atomic E-state index is 12.0. The Morgan fingerprint density at radius 3 is 2.50 bits per heavy atom. The lowest BCUT2D eigenvalue weighted by atomic mass is 9.98. The van der Waals surface area contributed by atoms with Crippen LogP contribution in [0.5, 0.6) is 0 Å². The third kappa shape index (κ3) is 3.52. The van der Waals surface area contributed by atoms with Crippen LogP contribution in [-0.2, 0) is 14.9 Å². The average molecular weight is 373 g/mol. The number of benzene rings is 2. The minimum absolute atomic E-state index is 0.0872. The van der Waals surface area contributed by atoms with Gasteiger partial charge in [0.15, 0.2) is 12.5 Å². The van der Waals surface area contributed by atoms with Crippen LogP contribution in [0.3, 0.4) is 0 Å². The number of hydroxylamine groups is 1. The van der Waals surface area contributed by atoms with Crippen molar-refractivity contribution in [1.29, 1.82) is 0 Å². The lowest BCUT2D eigenvalue weighted by molar-refractivity contribution is 0.0537. The van der Waals surface area contributed by atoms with E-state index in [1.54, 1.807) is 36.4 Å². The van der Waals surface area contributed by atoms with E-state index in [4.69, 9.17) is 5.14 Å². The maximum absolute atomic E-state index is 12.0. The number of amides is 1. The number of hydrogen-bond acceptors (Lipinski definition) is 7. The zero-order valence-corrected chi connectivity index (χ0v) is 14.5. The Kier molecular flexibility index (Phi) is 4.89. The number of azo groups is 1. The Hall–Kier alpha value is -2.95. The highest BCUT2D eigenvalue weighted by Crippen LogP contribution is 2.30. The number of rotatable bonds is 5. The predicted octanol–water partition coefficient (Wildman–Crippen LogP) is 1.46. The van der Waals surface area contributed by atoms with Gasteiger partial charge in [0.1, 0.15) is 0 Å². The van der Waals surface area contributed by atoms with Crippen LogP contribution in [-0.4, -0.2) is 33.9 Å². The molecule has 10 heteroatoms. The molecule has 0 spiro atoms. The molecule has 0 fully saturated rings. The van der Waals surface area contributed by atoms with Gasteiger partial charge in [0.25, 0.3) is 5.91 Å². The first-order valence-electron chi connectivity index (χ1n) is 7.43. The van der Waals surface area contributed by atoms with E-state index in [9.17, 15) is 13.2 Å². The zero-order chi connectivity index (χ0) is 18.7. The van der Waals surface area contributed by atoms with Gasteiger partial charge in [0, 0.05) is 11.1 Å². The second-order valence-electron chi connectivity index (χ2n) is 5.30. The molecule has 0 unspecified atom stereocenters. The normalized spacial score (nSPS) is 13.5. The molecule has 1 amide bonds. The van der Waals surface area contributed by atoms with Crippen LogP contribution >= 0.6 is 0 Å². The molecule has 9 nitrogen and oxygen atoms in total. The number of aliphatic imine (C=N–C) groups is 1. The van der Waals surface area contributed by atoms with Gasteiger partial charge in [-0.25, -0.2) is 24.0 Å². The van der Waals surface area contributed by atoms with Crippen molar-refractivity contribution in [2.45, 2.75) is 4.90 Å². The van der Waals surface area contributed by atoms with Crippen molar-refractivity contribution in [3.63, 3.8) is 0 Å². The van der Waals surface area contributed by atoms with Crippen molar-refractivity contribution in [3.8, 4) is 11.1 Å². The van der Waals surface area contributed by atoms with Crippen LogP contribution in [0.25, 0.3) is 11.1 Å². The molecule has 134 valence electrons. The summed E-state index contributed by atoms with van der Waals surface area (Å²) in [5, 5.41) is 13.0. The van der Waals surface area contributed by atoms with Gasteiger partial charge < -0.3 is 0 Å². The van der Waals surface area contributed by atoms with Crippen molar-refractivity contribution in [2.75, 3.05) is 13.8 Å². The molecule has 0 aliphatic carbocycles. The molecule has 1 heterocycles. The van der Waals surface area contributed by atoms with Crippen molar-refractivity contribution in [3.05, 3.63) is 53.6 Å². The summed E-state index contributed by atoms with van der Waals surface area (Å²) in [5.41, 5.74) is 4.13. The van der Waals surface area contributed by atoms with Gasteiger partial charge in [-0.15, -0.1) is 5.11 Å². The van der Waals surface area contributed by atoms with Crippen LogP contribution in [0.1, 0.15) is 15.9 Å². The third-order valence-electron chi connectivity index (χ3n) is 3.66. The van der Waals surface area contributed by atoms with E-state index in [0.29, 0.717) is 16.7 Å². The largest absolute Gasteiger partial charge is 0.277 e. The average Bonchev–Trinajstić information content (AvgIpc) is 3.15. The van der Waals surface area contributed by atoms with E-state index in [0.717, 1.165) is 0 Å². The van der Waals surface area contributed by atoms with E-state index in [1.165, 1.54) is 13.2 Å². The number of primary sulfonamides is 1. The van der Waals surface area contributed by atoms with Crippen molar-refractivity contribution in [2.24, 2.45) is 20.4 Å².